The van der Waals surface area contributed by atoms with E-state index in [0.717, 1.165) is 44.0 Å². The van der Waals surface area contributed by atoms with Crippen LogP contribution in [-0.2, 0) is 16.1 Å². The molecule has 0 aromatic heterocycles. The minimum atomic E-state index is 0.544. The van der Waals surface area contributed by atoms with E-state index in [2.05, 4.69) is 28.9 Å². The molecule has 2 aromatic carbocycles. The molecule has 1 radical (unpaired) electrons. The van der Waals surface area contributed by atoms with Crippen LogP contribution in [0.2, 0.25) is 0 Å². The number of nitrogens with zero attached hydrogens (tertiary/aromatic N) is 1. The molecule has 0 unspecified atom stereocenters. The minimum absolute atomic E-state index is 0.544. The molecule has 1 heterocycles. The zero-order valence-electron chi connectivity index (χ0n) is 12.9. The SMILES string of the molecule is O=[C]c1ccc(C#Cc2cccc(CN3CCOCC3)c2)cc1. The largest absolute Gasteiger partial charge is 0.379 e. The minimum Gasteiger partial charge on any atom is -0.379 e. The first-order chi connectivity index (χ1) is 11.3. The first-order valence-electron chi connectivity index (χ1n) is 7.73. The van der Waals surface area contributed by atoms with Crippen LogP contribution >= 0.6 is 0 Å². The highest BCUT2D eigenvalue weighted by Gasteiger charge is 2.10. The van der Waals surface area contributed by atoms with E-state index in [-0.39, 0.29) is 0 Å². The summed E-state index contributed by atoms with van der Waals surface area (Å²) in [5.41, 5.74) is 3.71. The van der Waals surface area contributed by atoms with Crippen LogP contribution in [-0.4, -0.2) is 37.5 Å². The third-order valence-electron chi connectivity index (χ3n) is 3.79. The molecule has 115 valence electrons. The molecule has 0 aliphatic carbocycles. The van der Waals surface area contributed by atoms with Crippen molar-refractivity contribution in [2.75, 3.05) is 26.3 Å². The summed E-state index contributed by atoms with van der Waals surface area (Å²) in [6.45, 7) is 4.52. The quantitative estimate of drug-likeness (QED) is 0.816. The van der Waals surface area contributed by atoms with Gasteiger partial charge in [-0.05, 0) is 42.0 Å². The average molecular weight is 304 g/mol. The van der Waals surface area contributed by atoms with Gasteiger partial charge in [0.05, 0.1) is 13.2 Å². The van der Waals surface area contributed by atoms with Gasteiger partial charge in [0, 0.05) is 36.3 Å². The molecule has 0 bridgehead atoms. The van der Waals surface area contributed by atoms with Gasteiger partial charge in [-0.25, -0.2) is 0 Å². The van der Waals surface area contributed by atoms with E-state index >= 15 is 0 Å². The first-order valence-corrected chi connectivity index (χ1v) is 7.73. The fourth-order valence-electron chi connectivity index (χ4n) is 2.53. The number of benzene rings is 2. The van der Waals surface area contributed by atoms with Gasteiger partial charge in [-0.2, -0.15) is 0 Å². The molecular weight excluding hydrogens is 286 g/mol. The molecule has 0 spiro atoms. The summed E-state index contributed by atoms with van der Waals surface area (Å²) in [5, 5.41) is 0. The zero-order valence-corrected chi connectivity index (χ0v) is 12.9. The smallest absolute Gasteiger partial charge is 0.233 e. The Labute approximate surface area is 136 Å². The van der Waals surface area contributed by atoms with Gasteiger partial charge in [-0.3, -0.25) is 9.69 Å². The average Bonchev–Trinajstić information content (AvgIpc) is 2.62. The van der Waals surface area contributed by atoms with Gasteiger partial charge in [-0.15, -0.1) is 0 Å². The summed E-state index contributed by atoms with van der Waals surface area (Å²) in [6.07, 6.45) is 1.86. The fourth-order valence-corrected chi connectivity index (χ4v) is 2.53. The van der Waals surface area contributed by atoms with Gasteiger partial charge in [0.2, 0.25) is 6.29 Å². The topological polar surface area (TPSA) is 29.5 Å². The second-order valence-corrected chi connectivity index (χ2v) is 5.52. The standard InChI is InChI=1S/C20H18NO2/c22-16-19-8-5-17(6-9-19)4-7-18-2-1-3-20(14-18)15-21-10-12-23-13-11-21/h1-3,5-6,8-9,14H,10-13,15H2. The molecule has 0 N–H and O–H groups in total. The summed E-state index contributed by atoms with van der Waals surface area (Å²) in [5.74, 6) is 6.31. The van der Waals surface area contributed by atoms with E-state index in [0.29, 0.717) is 5.56 Å². The molecule has 3 nitrogen and oxygen atoms in total. The molecule has 0 atom stereocenters. The summed E-state index contributed by atoms with van der Waals surface area (Å²) >= 11 is 0. The Hall–Kier alpha value is -2.41. The van der Waals surface area contributed by atoms with Crippen molar-refractivity contribution < 1.29 is 9.53 Å². The lowest BCUT2D eigenvalue weighted by Gasteiger charge is -2.26. The van der Waals surface area contributed by atoms with Crippen molar-refractivity contribution >= 4 is 6.29 Å². The summed E-state index contributed by atoms with van der Waals surface area (Å²) in [6, 6.07) is 15.5. The summed E-state index contributed by atoms with van der Waals surface area (Å²) in [7, 11) is 0. The molecule has 3 heteroatoms. The van der Waals surface area contributed by atoms with Gasteiger partial charge in [0.15, 0.2) is 0 Å². The Morgan fingerprint density at radius 2 is 1.61 bits per heavy atom. The highest BCUT2D eigenvalue weighted by atomic mass is 16.5. The van der Waals surface area contributed by atoms with Crippen LogP contribution in [0.25, 0.3) is 0 Å². The molecule has 1 aliphatic rings. The summed E-state index contributed by atoms with van der Waals surface area (Å²) < 4.78 is 5.38. The van der Waals surface area contributed by atoms with Crippen molar-refractivity contribution in [3.63, 3.8) is 0 Å². The van der Waals surface area contributed by atoms with E-state index in [1.165, 1.54) is 5.56 Å². The van der Waals surface area contributed by atoms with Crippen LogP contribution in [0.4, 0.5) is 0 Å². The van der Waals surface area contributed by atoms with Gasteiger partial charge < -0.3 is 4.74 Å². The van der Waals surface area contributed by atoms with Gasteiger partial charge >= 0.3 is 0 Å². The van der Waals surface area contributed by atoms with Crippen molar-refractivity contribution in [3.05, 3.63) is 70.8 Å². The molecule has 0 saturated carbocycles. The lowest BCUT2D eigenvalue weighted by molar-refractivity contribution is 0.0342. The number of rotatable bonds is 3. The predicted molar refractivity (Wildman–Crippen MR) is 89.8 cm³/mol. The number of carbonyl (C=O) groups excluding carboxylic acids is 1. The number of hydrogen-bond donors (Lipinski definition) is 0. The lowest BCUT2D eigenvalue weighted by atomic mass is 10.1. The molecule has 1 fully saturated rings. The fraction of sp³-hybridized carbons (Fsp3) is 0.250. The maximum Gasteiger partial charge on any atom is 0.233 e. The predicted octanol–water partition coefficient (Wildman–Crippen LogP) is 2.38. The number of morpholine rings is 1. The van der Waals surface area contributed by atoms with E-state index in [1.807, 2.05) is 30.6 Å². The van der Waals surface area contributed by atoms with E-state index < -0.39 is 0 Å². The summed E-state index contributed by atoms with van der Waals surface area (Å²) in [4.78, 5) is 12.9. The molecule has 23 heavy (non-hydrogen) atoms. The molecule has 0 amide bonds. The zero-order chi connectivity index (χ0) is 15.9. The van der Waals surface area contributed by atoms with Crippen molar-refractivity contribution in [1.29, 1.82) is 0 Å². The van der Waals surface area contributed by atoms with Gasteiger partial charge in [-0.1, -0.05) is 24.0 Å². The Morgan fingerprint density at radius 1 is 0.913 bits per heavy atom. The Morgan fingerprint density at radius 3 is 2.35 bits per heavy atom. The monoisotopic (exact) mass is 304 g/mol. The molecule has 1 saturated heterocycles. The highest BCUT2D eigenvalue weighted by molar-refractivity contribution is 5.75. The second kappa shape index (κ2) is 7.73. The van der Waals surface area contributed by atoms with Crippen molar-refractivity contribution in [2.24, 2.45) is 0 Å². The molecule has 2 aromatic rings. The van der Waals surface area contributed by atoms with Crippen LogP contribution in [0.3, 0.4) is 0 Å². The normalized spacial score (nSPS) is 14.8. The maximum absolute atomic E-state index is 10.5. The third-order valence-corrected chi connectivity index (χ3v) is 3.79. The van der Waals surface area contributed by atoms with Crippen LogP contribution in [0.15, 0.2) is 48.5 Å². The van der Waals surface area contributed by atoms with Crippen molar-refractivity contribution in [2.45, 2.75) is 6.54 Å². The van der Waals surface area contributed by atoms with Crippen LogP contribution in [0, 0.1) is 11.8 Å². The van der Waals surface area contributed by atoms with E-state index in [1.54, 1.807) is 12.1 Å². The van der Waals surface area contributed by atoms with Gasteiger partial charge in [0.25, 0.3) is 0 Å². The molecule has 3 rings (SSSR count). The highest BCUT2D eigenvalue weighted by Crippen LogP contribution is 2.10. The Balaban J connectivity index is 1.69. The van der Waals surface area contributed by atoms with Crippen LogP contribution in [0.5, 0.6) is 0 Å². The van der Waals surface area contributed by atoms with E-state index in [4.69, 9.17) is 4.74 Å². The molecule has 1 aliphatic heterocycles. The Kier molecular flexibility index (Phi) is 5.21. The molecular formula is C20H18NO2. The Bertz CT molecular complexity index is 719. The third kappa shape index (κ3) is 4.53. The van der Waals surface area contributed by atoms with Crippen molar-refractivity contribution in [3.8, 4) is 11.8 Å². The number of ether oxygens (including phenoxy) is 1. The lowest BCUT2D eigenvalue weighted by Crippen LogP contribution is -2.35. The van der Waals surface area contributed by atoms with Crippen LogP contribution < -0.4 is 0 Å². The first kappa shape index (κ1) is 15.5. The maximum atomic E-state index is 10.5. The second-order valence-electron chi connectivity index (χ2n) is 5.52. The van der Waals surface area contributed by atoms with Crippen LogP contribution in [0.1, 0.15) is 22.3 Å². The number of hydrogen-bond acceptors (Lipinski definition) is 3. The van der Waals surface area contributed by atoms with Gasteiger partial charge in [0.1, 0.15) is 0 Å². The van der Waals surface area contributed by atoms with Crippen molar-refractivity contribution in [1.82, 2.24) is 4.90 Å². The van der Waals surface area contributed by atoms with E-state index in [9.17, 15) is 4.79 Å².